The zero-order valence-corrected chi connectivity index (χ0v) is 14.2. The van der Waals surface area contributed by atoms with Gasteiger partial charge in [0.05, 0.1) is 0 Å². The molecule has 0 aliphatic carbocycles. The summed E-state index contributed by atoms with van der Waals surface area (Å²) in [5.41, 5.74) is 1.13. The molecular formula is C18H24N4O2. The number of nitrogens with zero attached hydrogens (tertiary/aromatic N) is 2. The average molecular weight is 328 g/mol. The fraction of sp³-hybridized carbons (Fsp3) is 0.389. The van der Waals surface area contributed by atoms with Crippen molar-refractivity contribution in [3.63, 3.8) is 0 Å². The summed E-state index contributed by atoms with van der Waals surface area (Å²) in [5, 5.41) is 8.96. The van der Waals surface area contributed by atoms with Gasteiger partial charge < -0.3 is 5.32 Å². The van der Waals surface area contributed by atoms with E-state index in [9.17, 15) is 9.59 Å². The van der Waals surface area contributed by atoms with Crippen LogP contribution in [0.25, 0.3) is 0 Å². The maximum atomic E-state index is 12.2. The van der Waals surface area contributed by atoms with Crippen LogP contribution in [-0.4, -0.2) is 46.7 Å². The Morgan fingerprint density at radius 3 is 2.46 bits per heavy atom. The first-order valence-electron chi connectivity index (χ1n) is 8.26. The zero-order chi connectivity index (χ0) is 17.4. The Morgan fingerprint density at radius 2 is 1.88 bits per heavy atom. The highest BCUT2D eigenvalue weighted by Gasteiger charge is 2.18. The highest BCUT2D eigenvalue weighted by atomic mass is 16.2. The van der Waals surface area contributed by atoms with E-state index in [0.29, 0.717) is 6.54 Å². The smallest absolute Gasteiger partial charge is 0.271 e. The van der Waals surface area contributed by atoms with Crippen molar-refractivity contribution in [3.8, 4) is 0 Å². The summed E-state index contributed by atoms with van der Waals surface area (Å²) < 4.78 is 0. The summed E-state index contributed by atoms with van der Waals surface area (Å²) >= 11 is 0. The van der Waals surface area contributed by atoms with Crippen LogP contribution in [-0.2, 0) is 6.42 Å². The standard InChI is InChI=1S/C18H24N4O2/c1-3-22(4-2)15(12-14-8-6-5-7-9-14)13-19-18(24)16-10-11-17(23)21-20-16/h5-11,15H,3-4,12-13H2,1-2H3,(H,19,24)(H,21,23)/t15-/m0/s1. The first kappa shape index (κ1) is 17.9. The highest BCUT2D eigenvalue weighted by Crippen LogP contribution is 2.09. The number of carbonyl (C=O) groups excluding carboxylic acids is 1. The molecule has 6 heteroatoms. The van der Waals surface area contributed by atoms with Crippen LogP contribution in [0.1, 0.15) is 29.9 Å². The Morgan fingerprint density at radius 1 is 1.17 bits per heavy atom. The van der Waals surface area contributed by atoms with Crippen molar-refractivity contribution in [2.75, 3.05) is 19.6 Å². The molecule has 1 amide bonds. The number of rotatable bonds is 8. The minimum Gasteiger partial charge on any atom is -0.349 e. The van der Waals surface area contributed by atoms with E-state index >= 15 is 0 Å². The molecule has 1 atom stereocenters. The van der Waals surface area contributed by atoms with Crippen molar-refractivity contribution in [2.45, 2.75) is 26.3 Å². The number of amides is 1. The van der Waals surface area contributed by atoms with Crippen LogP contribution in [0.3, 0.4) is 0 Å². The van der Waals surface area contributed by atoms with Gasteiger partial charge in [-0.15, -0.1) is 0 Å². The third-order valence-corrected chi connectivity index (χ3v) is 4.05. The minimum atomic E-state index is -0.323. The molecular weight excluding hydrogens is 304 g/mol. The van der Waals surface area contributed by atoms with Gasteiger partial charge in [-0.25, -0.2) is 5.10 Å². The molecule has 128 valence electrons. The van der Waals surface area contributed by atoms with Crippen LogP contribution in [0.4, 0.5) is 0 Å². The van der Waals surface area contributed by atoms with E-state index in [-0.39, 0.29) is 23.2 Å². The number of nitrogens with one attached hydrogen (secondary N) is 2. The van der Waals surface area contributed by atoms with E-state index < -0.39 is 0 Å². The molecule has 2 aromatic rings. The highest BCUT2D eigenvalue weighted by molar-refractivity contribution is 5.91. The Kier molecular flexibility index (Phi) is 6.69. The number of benzene rings is 1. The molecule has 0 bridgehead atoms. The van der Waals surface area contributed by atoms with Gasteiger partial charge in [-0.2, -0.15) is 5.10 Å². The molecule has 0 radical (unpaired) electrons. The monoisotopic (exact) mass is 328 g/mol. The number of likely N-dealkylation sites (N-methyl/N-ethyl adjacent to an activating group) is 1. The summed E-state index contributed by atoms with van der Waals surface area (Å²) in [6, 6.07) is 13.2. The van der Waals surface area contributed by atoms with Gasteiger partial charge in [-0.1, -0.05) is 44.2 Å². The van der Waals surface area contributed by atoms with E-state index in [1.54, 1.807) is 0 Å². The van der Waals surface area contributed by atoms with E-state index in [0.717, 1.165) is 19.5 Å². The fourth-order valence-corrected chi connectivity index (χ4v) is 2.73. The number of carbonyl (C=O) groups is 1. The number of hydrogen-bond donors (Lipinski definition) is 2. The van der Waals surface area contributed by atoms with Crippen LogP contribution in [0.2, 0.25) is 0 Å². The van der Waals surface area contributed by atoms with Gasteiger partial charge in [0.1, 0.15) is 5.69 Å². The molecule has 0 aliphatic rings. The Labute approximate surface area is 141 Å². The van der Waals surface area contributed by atoms with Crippen molar-refractivity contribution in [1.82, 2.24) is 20.4 Å². The quantitative estimate of drug-likeness (QED) is 0.769. The predicted molar refractivity (Wildman–Crippen MR) is 94.0 cm³/mol. The summed E-state index contributed by atoms with van der Waals surface area (Å²) in [4.78, 5) is 25.5. The van der Waals surface area contributed by atoms with Crippen molar-refractivity contribution < 1.29 is 4.79 Å². The molecule has 0 unspecified atom stereocenters. The van der Waals surface area contributed by atoms with E-state index in [1.165, 1.54) is 17.7 Å². The second-order valence-corrected chi connectivity index (χ2v) is 5.58. The fourth-order valence-electron chi connectivity index (χ4n) is 2.73. The van der Waals surface area contributed by atoms with Gasteiger partial charge in [0.25, 0.3) is 11.5 Å². The number of aromatic nitrogens is 2. The van der Waals surface area contributed by atoms with Crippen LogP contribution in [0.15, 0.2) is 47.3 Å². The number of H-pyrrole nitrogens is 1. The van der Waals surface area contributed by atoms with Gasteiger partial charge in [-0.3, -0.25) is 14.5 Å². The predicted octanol–water partition coefficient (Wildman–Crippen LogP) is 1.45. The average Bonchev–Trinajstić information content (AvgIpc) is 2.61. The number of aromatic amines is 1. The van der Waals surface area contributed by atoms with Gasteiger partial charge in [0.15, 0.2) is 0 Å². The van der Waals surface area contributed by atoms with Crippen molar-refractivity contribution in [3.05, 3.63) is 64.1 Å². The van der Waals surface area contributed by atoms with Gasteiger partial charge >= 0.3 is 0 Å². The van der Waals surface area contributed by atoms with Crippen molar-refractivity contribution in [1.29, 1.82) is 0 Å². The molecule has 0 saturated carbocycles. The SMILES string of the molecule is CCN(CC)[C@H](CNC(=O)c1ccc(=O)[nH]n1)Cc1ccccc1. The first-order valence-corrected chi connectivity index (χ1v) is 8.26. The molecule has 6 nitrogen and oxygen atoms in total. The summed E-state index contributed by atoms with van der Waals surface area (Å²) in [6.07, 6.45) is 0.863. The molecule has 0 saturated heterocycles. The lowest BCUT2D eigenvalue weighted by molar-refractivity contribution is 0.0928. The summed E-state index contributed by atoms with van der Waals surface area (Å²) in [7, 11) is 0. The van der Waals surface area contributed by atoms with Crippen molar-refractivity contribution in [2.24, 2.45) is 0 Å². The second-order valence-electron chi connectivity index (χ2n) is 5.58. The lowest BCUT2D eigenvalue weighted by Crippen LogP contribution is -2.45. The van der Waals surface area contributed by atoms with Gasteiger partial charge in [0, 0.05) is 18.7 Å². The molecule has 0 aliphatic heterocycles. The van der Waals surface area contributed by atoms with E-state index in [4.69, 9.17) is 0 Å². The van der Waals surface area contributed by atoms with Crippen LogP contribution < -0.4 is 10.9 Å². The summed E-state index contributed by atoms with van der Waals surface area (Å²) in [6.45, 7) is 6.59. The lowest BCUT2D eigenvalue weighted by Gasteiger charge is -2.30. The third kappa shape index (κ3) is 5.03. The van der Waals surface area contributed by atoms with E-state index in [2.05, 4.69) is 46.4 Å². The molecule has 1 aromatic heterocycles. The minimum absolute atomic E-state index is 0.203. The molecule has 1 aromatic carbocycles. The van der Waals surface area contributed by atoms with Gasteiger partial charge in [0.2, 0.25) is 0 Å². The largest absolute Gasteiger partial charge is 0.349 e. The van der Waals surface area contributed by atoms with E-state index in [1.807, 2.05) is 18.2 Å². The maximum absolute atomic E-state index is 12.2. The van der Waals surface area contributed by atoms with Crippen molar-refractivity contribution >= 4 is 5.91 Å². The summed E-state index contributed by atoms with van der Waals surface area (Å²) in [5.74, 6) is -0.281. The number of hydrogen-bond acceptors (Lipinski definition) is 4. The van der Waals surface area contributed by atoms with Gasteiger partial charge in [-0.05, 0) is 31.1 Å². The molecule has 1 heterocycles. The van der Waals surface area contributed by atoms with Crippen LogP contribution in [0.5, 0.6) is 0 Å². The first-order chi connectivity index (χ1) is 11.6. The molecule has 2 rings (SSSR count). The Bertz CT molecular complexity index is 675. The Hall–Kier alpha value is -2.47. The zero-order valence-electron chi connectivity index (χ0n) is 14.2. The molecule has 24 heavy (non-hydrogen) atoms. The topological polar surface area (TPSA) is 78.1 Å². The third-order valence-electron chi connectivity index (χ3n) is 4.05. The molecule has 0 spiro atoms. The molecule has 2 N–H and O–H groups in total. The normalized spacial score (nSPS) is 12.1. The second kappa shape index (κ2) is 8.98. The van der Waals surface area contributed by atoms with Crippen LogP contribution >= 0.6 is 0 Å². The van der Waals surface area contributed by atoms with Crippen LogP contribution in [0, 0.1) is 0 Å². The Balaban J connectivity index is 2.03. The maximum Gasteiger partial charge on any atom is 0.271 e. The lowest BCUT2D eigenvalue weighted by atomic mass is 10.0. The molecule has 0 fully saturated rings.